The van der Waals surface area contributed by atoms with Crippen LogP contribution in [-0.2, 0) is 0 Å². The van der Waals surface area contributed by atoms with E-state index in [1.54, 1.807) is 6.08 Å². The molecule has 0 aliphatic rings. The minimum Gasteiger partial charge on any atom is -0.310 e. The van der Waals surface area contributed by atoms with E-state index in [2.05, 4.69) is 174 Å². The molecule has 0 bridgehead atoms. The average molecular weight is 749 g/mol. The van der Waals surface area contributed by atoms with Gasteiger partial charge < -0.3 is 9.47 Å². The Labute approximate surface area is 328 Å². The normalized spacial score (nSPS) is 11.6. The standard InChI is InChI=1S/C44H26N2S2.C5H8.H2S/c1-4-12-29(13-5-1)45(30-14-6-2-7-15-30)32-22-23-36-34(26-32)42-38(48-36)25-28-21-20-27-24-37-41(33-18-10-11-19-35(33)47-37)43-39(27)40(28)44(42)46(43)31-16-8-3-9-17-31;1-3-5-4-2;/h1-26H;3-5H,1H2,2H3;1H2/b;5-4-;. The summed E-state index contributed by atoms with van der Waals surface area (Å²) in [5.41, 5.74) is 7.24. The van der Waals surface area contributed by atoms with Gasteiger partial charge in [-0.2, -0.15) is 13.5 Å². The van der Waals surface area contributed by atoms with E-state index < -0.39 is 0 Å². The van der Waals surface area contributed by atoms with Crippen LogP contribution in [0.2, 0.25) is 0 Å². The molecular formula is C49H36N2S3. The molecule has 3 aromatic heterocycles. The summed E-state index contributed by atoms with van der Waals surface area (Å²) in [6.45, 7) is 5.42. The molecule has 0 fully saturated rings. The highest BCUT2D eigenvalue weighted by Gasteiger charge is 2.25. The molecule has 11 aromatic rings. The van der Waals surface area contributed by atoms with Gasteiger partial charge in [0.15, 0.2) is 0 Å². The van der Waals surface area contributed by atoms with Crippen LogP contribution in [0.3, 0.4) is 0 Å². The summed E-state index contributed by atoms with van der Waals surface area (Å²) >= 11 is 3.80. The number of para-hydroxylation sites is 3. The van der Waals surface area contributed by atoms with Crippen LogP contribution in [0.1, 0.15) is 6.92 Å². The van der Waals surface area contributed by atoms with Crippen molar-refractivity contribution >= 4 is 126 Å². The Kier molecular flexibility index (Phi) is 8.71. The van der Waals surface area contributed by atoms with E-state index in [4.69, 9.17) is 0 Å². The highest BCUT2D eigenvalue weighted by atomic mass is 32.1. The molecule has 0 spiro atoms. The molecule has 0 amide bonds. The van der Waals surface area contributed by atoms with Gasteiger partial charge in [0.2, 0.25) is 0 Å². The molecule has 8 aromatic carbocycles. The Hall–Kier alpha value is -5.85. The molecule has 11 rings (SSSR count). The number of aromatic nitrogens is 1. The molecule has 0 saturated heterocycles. The smallest absolute Gasteiger partial charge is 0.0640 e. The number of hydrogen-bond donors (Lipinski definition) is 0. The molecule has 0 radical (unpaired) electrons. The molecule has 0 unspecified atom stereocenters. The predicted molar refractivity (Wildman–Crippen MR) is 245 cm³/mol. The SMILES string of the molecule is C=C/C=C\C.S.c1ccc(N(c2ccccc2)c2ccc3sc4cc5ccc6cc7sc8ccccc8c7c7c6c5c(c4c3c2)n7-c2ccccc2)cc1. The zero-order valence-corrected chi connectivity index (χ0v) is 32.3. The molecule has 5 heteroatoms. The van der Waals surface area contributed by atoms with Gasteiger partial charge in [-0.05, 0) is 90.5 Å². The van der Waals surface area contributed by atoms with Gasteiger partial charge in [-0.3, -0.25) is 0 Å². The third-order valence-electron chi connectivity index (χ3n) is 10.2. The van der Waals surface area contributed by atoms with E-state index in [-0.39, 0.29) is 13.5 Å². The Bertz CT molecular complexity index is 3090. The minimum atomic E-state index is 0. The van der Waals surface area contributed by atoms with Gasteiger partial charge in [-0.15, -0.1) is 22.7 Å². The summed E-state index contributed by atoms with van der Waals surface area (Å²) in [4.78, 5) is 2.37. The lowest BCUT2D eigenvalue weighted by Crippen LogP contribution is -2.09. The van der Waals surface area contributed by atoms with E-state index in [0.717, 1.165) is 17.1 Å². The molecule has 260 valence electrons. The lowest BCUT2D eigenvalue weighted by atomic mass is 9.98. The maximum Gasteiger partial charge on any atom is 0.0640 e. The third-order valence-corrected chi connectivity index (χ3v) is 12.4. The lowest BCUT2D eigenvalue weighted by molar-refractivity contribution is 1.20. The summed E-state index contributed by atoms with van der Waals surface area (Å²) < 4.78 is 7.86. The van der Waals surface area contributed by atoms with Crippen LogP contribution in [0.5, 0.6) is 0 Å². The van der Waals surface area contributed by atoms with Crippen LogP contribution >= 0.6 is 36.2 Å². The van der Waals surface area contributed by atoms with Crippen molar-refractivity contribution in [2.75, 3.05) is 4.90 Å². The highest BCUT2D eigenvalue weighted by molar-refractivity contribution is 7.59. The average Bonchev–Trinajstić information content (AvgIpc) is 3.88. The van der Waals surface area contributed by atoms with Crippen LogP contribution < -0.4 is 4.90 Å². The molecule has 0 saturated carbocycles. The Morgan fingerprint density at radius 3 is 1.57 bits per heavy atom. The second kappa shape index (κ2) is 13.9. The topological polar surface area (TPSA) is 8.17 Å². The fourth-order valence-electron chi connectivity index (χ4n) is 8.05. The van der Waals surface area contributed by atoms with E-state index >= 15 is 0 Å². The van der Waals surface area contributed by atoms with Crippen molar-refractivity contribution in [1.29, 1.82) is 0 Å². The molecule has 3 heterocycles. The summed E-state index contributed by atoms with van der Waals surface area (Å²) in [6, 6.07) is 57.8. The molecule has 2 nitrogen and oxygen atoms in total. The first-order valence-corrected chi connectivity index (χ1v) is 19.6. The van der Waals surface area contributed by atoms with Crippen LogP contribution in [-0.4, -0.2) is 4.57 Å². The Morgan fingerprint density at radius 2 is 1.02 bits per heavy atom. The molecule has 0 N–H and O–H groups in total. The van der Waals surface area contributed by atoms with Crippen molar-refractivity contribution in [3.8, 4) is 5.69 Å². The zero-order chi connectivity index (χ0) is 35.5. The monoisotopic (exact) mass is 748 g/mol. The van der Waals surface area contributed by atoms with Gasteiger partial charge in [0.05, 0.1) is 11.0 Å². The summed E-state index contributed by atoms with van der Waals surface area (Å²) in [7, 11) is 0. The molecular weight excluding hydrogens is 713 g/mol. The van der Waals surface area contributed by atoms with Crippen LogP contribution in [0.4, 0.5) is 17.1 Å². The number of fused-ring (bicyclic) bond motifs is 8. The maximum absolute atomic E-state index is 3.46. The Balaban J connectivity index is 0.000000604. The van der Waals surface area contributed by atoms with E-state index in [1.807, 2.05) is 41.7 Å². The second-order valence-corrected chi connectivity index (χ2v) is 15.4. The lowest BCUT2D eigenvalue weighted by Gasteiger charge is -2.25. The van der Waals surface area contributed by atoms with Gasteiger partial charge in [-0.25, -0.2) is 0 Å². The summed E-state index contributed by atoms with van der Waals surface area (Å²) in [6.07, 6.45) is 5.58. The van der Waals surface area contributed by atoms with Gasteiger partial charge in [-0.1, -0.05) is 110 Å². The van der Waals surface area contributed by atoms with Crippen molar-refractivity contribution in [3.63, 3.8) is 0 Å². The number of hydrogen-bond acceptors (Lipinski definition) is 3. The van der Waals surface area contributed by atoms with Crippen LogP contribution in [0.15, 0.2) is 183 Å². The fourth-order valence-corrected chi connectivity index (χ4v) is 10.3. The number of rotatable bonds is 5. The van der Waals surface area contributed by atoms with E-state index in [9.17, 15) is 0 Å². The first kappa shape index (κ1) is 34.0. The zero-order valence-electron chi connectivity index (χ0n) is 29.7. The number of nitrogens with zero attached hydrogens (tertiary/aromatic N) is 2. The first-order chi connectivity index (χ1) is 26.2. The largest absolute Gasteiger partial charge is 0.310 e. The van der Waals surface area contributed by atoms with Crippen LogP contribution in [0, 0.1) is 0 Å². The first-order valence-electron chi connectivity index (χ1n) is 17.9. The fraction of sp³-hybridized carbons (Fsp3) is 0.0204. The highest BCUT2D eigenvalue weighted by Crippen LogP contribution is 2.51. The number of thiophene rings is 2. The maximum atomic E-state index is 3.46. The Morgan fingerprint density at radius 1 is 0.500 bits per heavy atom. The molecule has 0 aliphatic heterocycles. The van der Waals surface area contributed by atoms with Gasteiger partial charge in [0.1, 0.15) is 0 Å². The third kappa shape index (κ3) is 5.31. The van der Waals surface area contributed by atoms with Gasteiger partial charge in [0, 0.05) is 73.9 Å². The number of allylic oxidation sites excluding steroid dienone is 3. The number of anilines is 3. The van der Waals surface area contributed by atoms with Crippen molar-refractivity contribution in [2.24, 2.45) is 0 Å². The summed E-state index contributed by atoms with van der Waals surface area (Å²) in [5.74, 6) is 0. The number of benzene rings is 8. The van der Waals surface area contributed by atoms with Crippen molar-refractivity contribution in [3.05, 3.63) is 183 Å². The molecule has 0 atom stereocenters. The predicted octanol–water partition coefficient (Wildman–Crippen LogP) is 15.4. The van der Waals surface area contributed by atoms with Crippen LogP contribution in [0.25, 0.3) is 78.6 Å². The molecule has 0 aliphatic carbocycles. The van der Waals surface area contributed by atoms with Crippen molar-refractivity contribution in [1.82, 2.24) is 4.57 Å². The van der Waals surface area contributed by atoms with Gasteiger partial charge in [0.25, 0.3) is 0 Å². The summed E-state index contributed by atoms with van der Waals surface area (Å²) in [5, 5.41) is 10.6. The van der Waals surface area contributed by atoms with E-state index in [0.29, 0.717) is 0 Å². The molecule has 54 heavy (non-hydrogen) atoms. The van der Waals surface area contributed by atoms with Gasteiger partial charge >= 0.3 is 0 Å². The van der Waals surface area contributed by atoms with Crippen molar-refractivity contribution in [2.45, 2.75) is 6.92 Å². The van der Waals surface area contributed by atoms with Crippen molar-refractivity contribution < 1.29 is 0 Å². The second-order valence-electron chi connectivity index (χ2n) is 13.3. The van der Waals surface area contributed by atoms with E-state index in [1.165, 1.54) is 78.6 Å². The minimum absolute atomic E-state index is 0. The quantitative estimate of drug-likeness (QED) is 0.126.